The highest BCUT2D eigenvalue weighted by Gasteiger charge is 2.12. The van der Waals surface area contributed by atoms with Gasteiger partial charge in [0, 0.05) is 29.0 Å². The first-order chi connectivity index (χ1) is 12.0. The number of carbonyl (C=O) groups is 2. The Morgan fingerprint density at radius 2 is 1.92 bits per heavy atom. The molecule has 0 atom stereocenters. The second-order valence-electron chi connectivity index (χ2n) is 5.81. The molecule has 1 aromatic heterocycles. The number of pyridine rings is 1. The molecule has 1 aromatic carbocycles. The van der Waals surface area contributed by atoms with Gasteiger partial charge in [0.05, 0.1) is 0 Å². The van der Waals surface area contributed by atoms with Crippen molar-refractivity contribution in [2.24, 2.45) is 0 Å². The monoisotopic (exact) mass is 359 g/mol. The van der Waals surface area contributed by atoms with E-state index in [-0.39, 0.29) is 17.5 Å². The Hall–Kier alpha value is -2.40. The molecule has 6 heteroatoms. The Balaban J connectivity index is 2.03. The molecule has 0 fully saturated rings. The van der Waals surface area contributed by atoms with Crippen molar-refractivity contribution in [3.8, 4) is 0 Å². The molecule has 25 heavy (non-hydrogen) atoms. The number of rotatable bonds is 7. The lowest BCUT2D eigenvalue weighted by Gasteiger charge is -2.08. The zero-order valence-corrected chi connectivity index (χ0v) is 15.2. The number of hydrogen-bond donors (Lipinski definition) is 2. The Bertz CT molecular complexity index is 762. The highest BCUT2D eigenvalue weighted by molar-refractivity contribution is 6.31. The number of hydrogen-bond acceptors (Lipinski definition) is 3. The van der Waals surface area contributed by atoms with Gasteiger partial charge in [0.15, 0.2) is 0 Å². The largest absolute Gasteiger partial charge is 0.351 e. The van der Waals surface area contributed by atoms with E-state index in [1.54, 1.807) is 18.2 Å². The SMILES string of the molecule is CCCCCNC(=O)c1cc(C(=O)Nc2ccc(C)c(Cl)c2)ccn1. The fourth-order valence-electron chi connectivity index (χ4n) is 2.24. The number of amides is 2. The van der Waals surface area contributed by atoms with E-state index in [1.807, 2.05) is 13.0 Å². The van der Waals surface area contributed by atoms with Gasteiger partial charge in [-0.15, -0.1) is 0 Å². The molecule has 0 unspecified atom stereocenters. The van der Waals surface area contributed by atoms with Crippen LogP contribution in [0.3, 0.4) is 0 Å². The van der Waals surface area contributed by atoms with E-state index in [2.05, 4.69) is 22.5 Å². The molecule has 2 N–H and O–H groups in total. The molecule has 5 nitrogen and oxygen atoms in total. The fraction of sp³-hybridized carbons (Fsp3) is 0.316. The number of nitrogens with one attached hydrogen (secondary N) is 2. The average Bonchev–Trinajstić information content (AvgIpc) is 2.62. The molecule has 0 saturated heterocycles. The van der Waals surface area contributed by atoms with E-state index in [0.29, 0.717) is 22.8 Å². The zero-order valence-electron chi connectivity index (χ0n) is 14.4. The van der Waals surface area contributed by atoms with Crippen molar-refractivity contribution in [3.05, 3.63) is 58.4 Å². The van der Waals surface area contributed by atoms with Gasteiger partial charge in [-0.1, -0.05) is 37.4 Å². The third-order valence-corrected chi connectivity index (χ3v) is 4.16. The van der Waals surface area contributed by atoms with E-state index in [0.717, 1.165) is 24.8 Å². The van der Waals surface area contributed by atoms with Crippen molar-refractivity contribution in [1.29, 1.82) is 0 Å². The molecule has 0 aliphatic heterocycles. The van der Waals surface area contributed by atoms with Crippen molar-refractivity contribution in [2.45, 2.75) is 33.1 Å². The van der Waals surface area contributed by atoms with Crippen LogP contribution in [0.15, 0.2) is 36.5 Å². The van der Waals surface area contributed by atoms with Crippen LogP contribution in [0.5, 0.6) is 0 Å². The number of nitrogens with zero attached hydrogens (tertiary/aromatic N) is 1. The minimum absolute atomic E-state index is 0.228. The van der Waals surface area contributed by atoms with Crippen molar-refractivity contribution in [3.63, 3.8) is 0 Å². The van der Waals surface area contributed by atoms with E-state index in [4.69, 9.17) is 11.6 Å². The summed E-state index contributed by atoms with van der Waals surface area (Å²) in [6.45, 7) is 4.60. The Morgan fingerprint density at radius 1 is 1.12 bits per heavy atom. The summed E-state index contributed by atoms with van der Waals surface area (Å²) >= 11 is 6.07. The Morgan fingerprint density at radius 3 is 2.64 bits per heavy atom. The summed E-state index contributed by atoms with van der Waals surface area (Å²) < 4.78 is 0. The second kappa shape index (κ2) is 9.18. The highest BCUT2D eigenvalue weighted by atomic mass is 35.5. The average molecular weight is 360 g/mol. The molecule has 0 saturated carbocycles. The third kappa shape index (κ3) is 5.57. The van der Waals surface area contributed by atoms with Gasteiger partial charge in [-0.3, -0.25) is 14.6 Å². The minimum Gasteiger partial charge on any atom is -0.351 e. The molecule has 132 valence electrons. The molecule has 0 radical (unpaired) electrons. The molecule has 2 rings (SSSR count). The summed E-state index contributed by atoms with van der Waals surface area (Å²) in [4.78, 5) is 28.5. The summed E-state index contributed by atoms with van der Waals surface area (Å²) in [6.07, 6.45) is 4.54. The van der Waals surface area contributed by atoms with Crippen LogP contribution in [0.1, 0.15) is 52.6 Å². The van der Waals surface area contributed by atoms with Gasteiger partial charge in [-0.2, -0.15) is 0 Å². The third-order valence-electron chi connectivity index (χ3n) is 3.75. The molecular formula is C19H22ClN3O2. The summed E-state index contributed by atoms with van der Waals surface area (Å²) in [7, 11) is 0. The van der Waals surface area contributed by atoms with E-state index in [9.17, 15) is 9.59 Å². The number of aromatic nitrogens is 1. The van der Waals surface area contributed by atoms with E-state index >= 15 is 0 Å². The van der Waals surface area contributed by atoms with Crippen LogP contribution in [0.4, 0.5) is 5.69 Å². The van der Waals surface area contributed by atoms with Gasteiger partial charge < -0.3 is 10.6 Å². The van der Waals surface area contributed by atoms with E-state index < -0.39 is 0 Å². The summed E-state index contributed by atoms with van der Waals surface area (Å²) in [5.74, 6) is -0.591. The summed E-state index contributed by atoms with van der Waals surface area (Å²) in [5, 5.41) is 6.17. The van der Waals surface area contributed by atoms with Gasteiger partial charge >= 0.3 is 0 Å². The number of carbonyl (C=O) groups excluding carboxylic acids is 2. The van der Waals surface area contributed by atoms with Crippen LogP contribution >= 0.6 is 11.6 Å². The normalized spacial score (nSPS) is 10.4. The topological polar surface area (TPSA) is 71.1 Å². The van der Waals surface area contributed by atoms with Crippen molar-refractivity contribution >= 4 is 29.1 Å². The Labute approximate surface area is 152 Å². The first-order valence-corrected chi connectivity index (χ1v) is 8.71. The van der Waals surface area contributed by atoms with Crippen molar-refractivity contribution in [2.75, 3.05) is 11.9 Å². The quantitative estimate of drug-likeness (QED) is 0.727. The predicted molar refractivity (Wildman–Crippen MR) is 100 cm³/mol. The van der Waals surface area contributed by atoms with Crippen LogP contribution in [0.25, 0.3) is 0 Å². The predicted octanol–water partition coefficient (Wildman–Crippen LogP) is 4.22. The molecular weight excluding hydrogens is 338 g/mol. The van der Waals surface area contributed by atoms with Gasteiger partial charge in [0.25, 0.3) is 11.8 Å². The minimum atomic E-state index is -0.317. The maximum Gasteiger partial charge on any atom is 0.269 e. The van der Waals surface area contributed by atoms with Crippen LogP contribution < -0.4 is 10.6 Å². The first kappa shape index (κ1) is 18.9. The van der Waals surface area contributed by atoms with Crippen molar-refractivity contribution in [1.82, 2.24) is 10.3 Å². The van der Waals surface area contributed by atoms with Gasteiger partial charge in [0.2, 0.25) is 0 Å². The van der Waals surface area contributed by atoms with Gasteiger partial charge in [-0.05, 0) is 43.2 Å². The number of benzene rings is 1. The highest BCUT2D eigenvalue weighted by Crippen LogP contribution is 2.20. The van der Waals surface area contributed by atoms with Crippen molar-refractivity contribution < 1.29 is 9.59 Å². The molecule has 0 aliphatic rings. The maximum atomic E-state index is 12.4. The van der Waals surface area contributed by atoms with Crippen LogP contribution in [0.2, 0.25) is 5.02 Å². The standard InChI is InChI=1S/C19H22ClN3O2/c1-3-4-5-9-22-19(25)17-11-14(8-10-21-17)18(24)23-15-7-6-13(2)16(20)12-15/h6-8,10-12H,3-5,9H2,1-2H3,(H,22,25)(H,23,24). The molecule has 1 heterocycles. The number of anilines is 1. The lowest BCUT2D eigenvalue weighted by atomic mass is 10.2. The lowest BCUT2D eigenvalue weighted by molar-refractivity contribution is 0.0948. The van der Waals surface area contributed by atoms with Crippen LogP contribution in [-0.2, 0) is 0 Å². The molecule has 0 bridgehead atoms. The lowest BCUT2D eigenvalue weighted by Crippen LogP contribution is -2.25. The maximum absolute atomic E-state index is 12.4. The van der Waals surface area contributed by atoms with E-state index in [1.165, 1.54) is 12.3 Å². The fourth-order valence-corrected chi connectivity index (χ4v) is 2.42. The number of unbranched alkanes of at least 4 members (excludes halogenated alkanes) is 2. The summed E-state index contributed by atoms with van der Waals surface area (Å²) in [6, 6.07) is 8.36. The first-order valence-electron chi connectivity index (χ1n) is 8.33. The van der Waals surface area contributed by atoms with Gasteiger partial charge in [0.1, 0.15) is 5.69 Å². The molecule has 0 spiro atoms. The Kier molecular flexibility index (Phi) is 6.95. The zero-order chi connectivity index (χ0) is 18.2. The molecule has 2 amide bonds. The number of aryl methyl sites for hydroxylation is 1. The molecule has 0 aliphatic carbocycles. The smallest absolute Gasteiger partial charge is 0.269 e. The van der Waals surface area contributed by atoms with Crippen LogP contribution in [-0.4, -0.2) is 23.3 Å². The summed E-state index contributed by atoms with van der Waals surface area (Å²) in [5.41, 5.74) is 2.13. The number of halogens is 1. The van der Waals surface area contributed by atoms with Crippen LogP contribution in [0, 0.1) is 6.92 Å². The van der Waals surface area contributed by atoms with Gasteiger partial charge in [-0.25, -0.2) is 0 Å². The molecule has 2 aromatic rings. The second-order valence-corrected chi connectivity index (χ2v) is 6.22.